The maximum atomic E-state index is 8.79. The van der Waals surface area contributed by atoms with E-state index >= 15 is 0 Å². The molecule has 0 aromatic heterocycles. The zero-order chi connectivity index (χ0) is 11.0. The minimum atomic E-state index is -0.241. The Bertz CT molecular complexity index is 177. The lowest BCUT2D eigenvalue weighted by Crippen LogP contribution is -2.38. The fraction of sp³-hybridized carbons (Fsp3) is 0.900. The molecule has 0 radical (unpaired) electrons. The third-order valence-corrected chi connectivity index (χ3v) is 1.64. The van der Waals surface area contributed by atoms with Gasteiger partial charge in [0.05, 0.1) is 25.4 Å². The summed E-state index contributed by atoms with van der Waals surface area (Å²) in [6.07, 6.45) is 0.0322. The number of hydrogen-bond acceptors (Lipinski definition) is 4. The van der Waals surface area contributed by atoms with Gasteiger partial charge in [-0.05, 0) is 20.8 Å². The van der Waals surface area contributed by atoms with Crippen molar-refractivity contribution < 1.29 is 9.47 Å². The van der Waals surface area contributed by atoms with Crippen molar-refractivity contribution in [2.75, 3.05) is 20.3 Å². The van der Waals surface area contributed by atoms with Gasteiger partial charge in [0.15, 0.2) is 0 Å². The number of nitrogens with one attached hydrogen (secondary N) is 1. The van der Waals surface area contributed by atoms with E-state index in [-0.39, 0.29) is 12.1 Å². The number of ether oxygens (including phenoxy) is 2. The number of rotatable bonds is 7. The summed E-state index contributed by atoms with van der Waals surface area (Å²) in [6.45, 7) is 6.89. The highest BCUT2D eigenvalue weighted by Crippen LogP contribution is 1.94. The van der Waals surface area contributed by atoms with Crippen LogP contribution in [0.5, 0.6) is 0 Å². The normalized spacial score (nSPS) is 15.1. The quantitative estimate of drug-likeness (QED) is 0.664. The van der Waals surface area contributed by atoms with E-state index in [2.05, 4.69) is 11.4 Å². The minimum absolute atomic E-state index is 0.0322. The molecule has 2 atom stereocenters. The van der Waals surface area contributed by atoms with Gasteiger partial charge in [-0.3, -0.25) is 5.32 Å². The summed E-state index contributed by atoms with van der Waals surface area (Å²) in [4.78, 5) is 0. The predicted octanol–water partition coefficient (Wildman–Crippen LogP) is 0.928. The molecule has 4 nitrogen and oxygen atoms in total. The van der Waals surface area contributed by atoms with Crippen LogP contribution in [0.4, 0.5) is 0 Å². The molecule has 2 unspecified atom stereocenters. The Hall–Kier alpha value is -0.630. The molecule has 0 rings (SSSR count). The zero-order valence-corrected chi connectivity index (χ0v) is 9.41. The van der Waals surface area contributed by atoms with Crippen LogP contribution < -0.4 is 5.32 Å². The van der Waals surface area contributed by atoms with Crippen molar-refractivity contribution in [1.29, 1.82) is 5.26 Å². The van der Waals surface area contributed by atoms with Gasteiger partial charge in [-0.2, -0.15) is 5.26 Å². The molecule has 0 amide bonds. The highest BCUT2D eigenvalue weighted by molar-refractivity contribution is 4.90. The lowest BCUT2D eigenvalue weighted by molar-refractivity contribution is 0.00429. The van der Waals surface area contributed by atoms with Gasteiger partial charge in [0.1, 0.15) is 6.04 Å². The fourth-order valence-corrected chi connectivity index (χ4v) is 1.07. The molecule has 0 aliphatic heterocycles. The van der Waals surface area contributed by atoms with Gasteiger partial charge in [0.2, 0.25) is 0 Å². The Morgan fingerprint density at radius 2 is 1.93 bits per heavy atom. The van der Waals surface area contributed by atoms with Gasteiger partial charge in [0, 0.05) is 13.2 Å². The van der Waals surface area contributed by atoms with Gasteiger partial charge >= 0.3 is 0 Å². The predicted molar refractivity (Wildman–Crippen MR) is 55.0 cm³/mol. The van der Waals surface area contributed by atoms with Crippen molar-refractivity contribution in [1.82, 2.24) is 5.32 Å². The fourth-order valence-electron chi connectivity index (χ4n) is 1.07. The molecule has 0 aromatic rings. The van der Waals surface area contributed by atoms with Crippen LogP contribution in [0, 0.1) is 11.3 Å². The summed E-state index contributed by atoms with van der Waals surface area (Å²) in [7, 11) is 1.63. The van der Waals surface area contributed by atoms with Crippen molar-refractivity contribution in [3.05, 3.63) is 0 Å². The Morgan fingerprint density at radius 1 is 1.29 bits per heavy atom. The number of hydrogen-bond donors (Lipinski definition) is 1. The molecule has 0 aliphatic carbocycles. The number of methoxy groups -OCH3 is 1. The molecule has 1 N–H and O–H groups in total. The van der Waals surface area contributed by atoms with E-state index in [0.29, 0.717) is 19.3 Å². The summed E-state index contributed by atoms with van der Waals surface area (Å²) in [5.41, 5.74) is 0. The molecule has 0 saturated carbocycles. The van der Waals surface area contributed by atoms with Crippen LogP contribution >= 0.6 is 0 Å². The monoisotopic (exact) mass is 200 g/mol. The Balaban J connectivity index is 3.68. The van der Waals surface area contributed by atoms with E-state index in [0.717, 1.165) is 0 Å². The van der Waals surface area contributed by atoms with Crippen molar-refractivity contribution in [2.45, 2.75) is 39.0 Å². The maximum Gasteiger partial charge on any atom is 0.119 e. The van der Waals surface area contributed by atoms with E-state index in [4.69, 9.17) is 14.7 Å². The Morgan fingerprint density at radius 3 is 2.36 bits per heavy atom. The van der Waals surface area contributed by atoms with Crippen molar-refractivity contribution in [3.63, 3.8) is 0 Å². The van der Waals surface area contributed by atoms with Gasteiger partial charge in [-0.25, -0.2) is 0 Å². The molecular weight excluding hydrogens is 180 g/mol. The van der Waals surface area contributed by atoms with E-state index in [1.54, 1.807) is 7.11 Å². The van der Waals surface area contributed by atoms with Gasteiger partial charge < -0.3 is 9.47 Å². The van der Waals surface area contributed by atoms with E-state index < -0.39 is 0 Å². The first-order valence-electron chi connectivity index (χ1n) is 4.86. The minimum Gasteiger partial charge on any atom is -0.382 e. The van der Waals surface area contributed by atoms with Crippen LogP contribution in [0.3, 0.4) is 0 Å². The molecule has 0 aromatic carbocycles. The molecule has 4 heteroatoms. The second kappa shape index (κ2) is 7.74. The molecule has 0 aliphatic rings. The zero-order valence-electron chi connectivity index (χ0n) is 9.41. The summed E-state index contributed by atoms with van der Waals surface area (Å²) in [5, 5.41) is 11.9. The van der Waals surface area contributed by atoms with Crippen molar-refractivity contribution in [2.24, 2.45) is 0 Å². The average molecular weight is 200 g/mol. The largest absolute Gasteiger partial charge is 0.382 e. The second-order valence-electron chi connectivity index (χ2n) is 3.60. The van der Waals surface area contributed by atoms with Gasteiger partial charge in [0.25, 0.3) is 0 Å². The molecule has 82 valence electrons. The highest BCUT2D eigenvalue weighted by atomic mass is 16.5. The average Bonchev–Trinajstić information content (AvgIpc) is 2.12. The van der Waals surface area contributed by atoms with Crippen LogP contribution in [0.25, 0.3) is 0 Å². The summed E-state index contributed by atoms with van der Waals surface area (Å²) >= 11 is 0. The van der Waals surface area contributed by atoms with Crippen LogP contribution in [0.1, 0.15) is 20.8 Å². The first kappa shape index (κ1) is 13.4. The lowest BCUT2D eigenvalue weighted by Gasteiger charge is -2.17. The summed E-state index contributed by atoms with van der Waals surface area (Å²) in [6, 6.07) is 2.21. The third kappa shape index (κ3) is 6.84. The van der Waals surface area contributed by atoms with Gasteiger partial charge in [-0.1, -0.05) is 0 Å². The Kier molecular flexibility index (Phi) is 7.40. The van der Waals surface area contributed by atoms with Crippen LogP contribution in [0.2, 0.25) is 0 Å². The topological polar surface area (TPSA) is 54.3 Å². The van der Waals surface area contributed by atoms with Crippen LogP contribution in [0.15, 0.2) is 0 Å². The van der Waals surface area contributed by atoms with E-state index in [1.165, 1.54) is 0 Å². The standard InChI is InChI=1S/C10H20N2O2/c1-8(2)12-10(5-11)7-14-9(3)6-13-4/h8-10,12H,6-7H2,1-4H3. The van der Waals surface area contributed by atoms with Crippen molar-refractivity contribution in [3.8, 4) is 6.07 Å². The van der Waals surface area contributed by atoms with E-state index in [9.17, 15) is 0 Å². The highest BCUT2D eigenvalue weighted by Gasteiger charge is 2.10. The molecule has 14 heavy (non-hydrogen) atoms. The second-order valence-corrected chi connectivity index (χ2v) is 3.60. The van der Waals surface area contributed by atoms with Crippen LogP contribution in [-0.2, 0) is 9.47 Å². The summed E-state index contributed by atoms with van der Waals surface area (Å²) in [5.74, 6) is 0. The van der Waals surface area contributed by atoms with Crippen LogP contribution in [-0.4, -0.2) is 38.5 Å². The third-order valence-electron chi connectivity index (χ3n) is 1.64. The molecule has 0 bridgehead atoms. The van der Waals surface area contributed by atoms with Crippen molar-refractivity contribution >= 4 is 0 Å². The Labute approximate surface area is 86.2 Å². The number of nitriles is 1. The first-order chi connectivity index (χ1) is 6.60. The van der Waals surface area contributed by atoms with Gasteiger partial charge in [-0.15, -0.1) is 0 Å². The molecule has 0 heterocycles. The molecule has 0 fully saturated rings. The first-order valence-corrected chi connectivity index (χ1v) is 4.86. The molecular formula is C10H20N2O2. The number of nitrogens with zero attached hydrogens (tertiary/aromatic N) is 1. The molecule has 0 saturated heterocycles. The summed E-state index contributed by atoms with van der Waals surface area (Å²) < 4.78 is 10.3. The lowest BCUT2D eigenvalue weighted by atomic mass is 10.3. The maximum absolute atomic E-state index is 8.79. The smallest absolute Gasteiger partial charge is 0.119 e. The molecule has 0 spiro atoms. The SMILES string of the molecule is COCC(C)OCC(C#N)NC(C)C. The van der Waals surface area contributed by atoms with E-state index in [1.807, 2.05) is 20.8 Å².